The number of ether oxygens (including phenoxy) is 1. The van der Waals surface area contributed by atoms with Crippen molar-refractivity contribution < 1.29 is 14.6 Å². The van der Waals surface area contributed by atoms with Crippen LogP contribution < -0.4 is 0 Å². The summed E-state index contributed by atoms with van der Waals surface area (Å²) in [5, 5.41) is 10.0. The van der Waals surface area contributed by atoms with E-state index >= 15 is 0 Å². The molecule has 2 heterocycles. The molecule has 1 unspecified atom stereocenters. The molecule has 1 aromatic rings. The maximum atomic E-state index is 11.2. The van der Waals surface area contributed by atoms with Gasteiger partial charge < -0.3 is 14.7 Å². The van der Waals surface area contributed by atoms with Crippen molar-refractivity contribution in [3.63, 3.8) is 0 Å². The Bertz CT molecular complexity index is 470. The van der Waals surface area contributed by atoms with Crippen LogP contribution in [0.5, 0.6) is 0 Å². The molecule has 0 radical (unpaired) electrons. The minimum Gasteiger partial charge on any atom is -0.477 e. The average Bonchev–Trinajstić information content (AvgIpc) is 3.07. The molecule has 1 aromatic heterocycles. The lowest BCUT2D eigenvalue weighted by atomic mass is 10.2. The van der Waals surface area contributed by atoms with Crippen LogP contribution in [-0.2, 0) is 4.74 Å². The first-order valence-corrected chi connectivity index (χ1v) is 7.01. The summed E-state index contributed by atoms with van der Waals surface area (Å²) in [6.45, 7) is 2.39. The standard InChI is InChI=1S/C12H16N2O3S/c1-14-4-5-17-8(6-14)11-13-9(7-2-3-7)10(18-11)12(15)16/h7-8H,2-6H2,1H3,(H,15,16). The minimum absolute atomic E-state index is 0.0700. The summed E-state index contributed by atoms with van der Waals surface area (Å²) in [5.41, 5.74) is 0.777. The first-order valence-electron chi connectivity index (χ1n) is 6.19. The Balaban J connectivity index is 1.87. The van der Waals surface area contributed by atoms with Gasteiger partial charge in [-0.3, -0.25) is 0 Å². The van der Waals surface area contributed by atoms with Gasteiger partial charge in [-0.15, -0.1) is 11.3 Å². The van der Waals surface area contributed by atoms with Crippen LogP contribution in [0.25, 0.3) is 0 Å². The number of carboxylic acids is 1. The Morgan fingerprint density at radius 2 is 2.33 bits per heavy atom. The van der Waals surface area contributed by atoms with Crippen LogP contribution in [0, 0.1) is 0 Å². The van der Waals surface area contributed by atoms with Gasteiger partial charge in [0.05, 0.1) is 12.3 Å². The van der Waals surface area contributed by atoms with Crippen molar-refractivity contribution in [1.82, 2.24) is 9.88 Å². The number of carboxylic acid groups (broad SMARTS) is 1. The zero-order chi connectivity index (χ0) is 12.7. The van der Waals surface area contributed by atoms with E-state index in [1.54, 1.807) is 0 Å². The van der Waals surface area contributed by atoms with Crippen LogP contribution >= 0.6 is 11.3 Å². The highest BCUT2D eigenvalue weighted by atomic mass is 32.1. The summed E-state index contributed by atoms with van der Waals surface area (Å²) in [5.74, 6) is -0.493. The van der Waals surface area contributed by atoms with Crippen molar-refractivity contribution in [2.45, 2.75) is 24.9 Å². The van der Waals surface area contributed by atoms with Gasteiger partial charge in [-0.25, -0.2) is 9.78 Å². The number of likely N-dealkylation sites (N-methyl/N-ethyl adjacent to an activating group) is 1. The van der Waals surface area contributed by atoms with Crippen molar-refractivity contribution in [1.29, 1.82) is 0 Å². The molecule has 2 fully saturated rings. The number of carbonyl (C=O) groups is 1. The van der Waals surface area contributed by atoms with Crippen molar-refractivity contribution in [2.24, 2.45) is 0 Å². The van der Waals surface area contributed by atoms with Gasteiger partial charge in [0.15, 0.2) is 0 Å². The second-order valence-electron chi connectivity index (χ2n) is 4.97. The molecule has 2 aliphatic rings. The molecule has 0 aromatic carbocycles. The monoisotopic (exact) mass is 268 g/mol. The summed E-state index contributed by atoms with van der Waals surface area (Å²) < 4.78 is 5.70. The van der Waals surface area contributed by atoms with Gasteiger partial charge in [-0.2, -0.15) is 0 Å². The van der Waals surface area contributed by atoms with Crippen molar-refractivity contribution in [3.8, 4) is 0 Å². The van der Waals surface area contributed by atoms with E-state index in [9.17, 15) is 9.90 Å². The van der Waals surface area contributed by atoms with E-state index in [2.05, 4.69) is 9.88 Å². The molecule has 18 heavy (non-hydrogen) atoms. The van der Waals surface area contributed by atoms with Crippen molar-refractivity contribution >= 4 is 17.3 Å². The quantitative estimate of drug-likeness (QED) is 0.904. The van der Waals surface area contributed by atoms with Gasteiger partial charge in [0, 0.05) is 19.0 Å². The van der Waals surface area contributed by atoms with Crippen molar-refractivity contribution in [2.75, 3.05) is 26.7 Å². The van der Waals surface area contributed by atoms with E-state index in [4.69, 9.17) is 4.74 Å². The Morgan fingerprint density at radius 3 is 2.94 bits per heavy atom. The first-order chi connectivity index (χ1) is 8.65. The van der Waals surface area contributed by atoms with Gasteiger partial charge in [0.2, 0.25) is 0 Å². The number of hydrogen-bond acceptors (Lipinski definition) is 5. The molecule has 0 bridgehead atoms. The number of nitrogens with zero attached hydrogens (tertiary/aromatic N) is 2. The molecule has 1 N–H and O–H groups in total. The molecule has 1 aliphatic carbocycles. The predicted octanol–water partition coefficient (Wildman–Crippen LogP) is 1.72. The molecular formula is C12H16N2O3S. The van der Waals surface area contributed by atoms with Gasteiger partial charge in [-0.1, -0.05) is 0 Å². The summed E-state index contributed by atoms with van der Waals surface area (Å²) in [4.78, 5) is 18.4. The third-order valence-corrected chi connectivity index (χ3v) is 4.52. The Hall–Kier alpha value is -0.980. The van der Waals surface area contributed by atoms with Gasteiger partial charge in [0.1, 0.15) is 16.0 Å². The van der Waals surface area contributed by atoms with Crippen LogP contribution in [0.4, 0.5) is 0 Å². The largest absolute Gasteiger partial charge is 0.477 e. The second kappa shape index (κ2) is 4.60. The lowest BCUT2D eigenvalue weighted by Crippen LogP contribution is -2.35. The molecule has 1 atom stereocenters. The number of thiazole rings is 1. The summed E-state index contributed by atoms with van der Waals surface area (Å²) in [6.07, 6.45) is 2.06. The zero-order valence-corrected chi connectivity index (χ0v) is 11.1. The van der Waals surface area contributed by atoms with E-state index in [0.29, 0.717) is 17.4 Å². The first kappa shape index (κ1) is 12.1. The Labute approximate surface area is 109 Å². The highest BCUT2D eigenvalue weighted by Gasteiger charge is 2.34. The predicted molar refractivity (Wildman–Crippen MR) is 67.2 cm³/mol. The minimum atomic E-state index is -0.857. The number of rotatable bonds is 3. The van der Waals surface area contributed by atoms with Crippen molar-refractivity contribution in [3.05, 3.63) is 15.6 Å². The molecule has 3 rings (SSSR count). The molecule has 0 amide bonds. The van der Waals surface area contributed by atoms with E-state index in [1.165, 1.54) is 11.3 Å². The topological polar surface area (TPSA) is 62.7 Å². The summed E-state index contributed by atoms with van der Waals surface area (Å²) in [7, 11) is 2.04. The lowest BCUT2D eigenvalue weighted by molar-refractivity contribution is -0.0210. The molecule has 1 saturated heterocycles. The molecule has 5 nitrogen and oxygen atoms in total. The zero-order valence-electron chi connectivity index (χ0n) is 10.3. The van der Waals surface area contributed by atoms with Crippen LogP contribution in [0.15, 0.2) is 0 Å². The number of hydrogen-bond donors (Lipinski definition) is 1. The second-order valence-corrected chi connectivity index (χ2v) is 6.00. The summed E-state index contributed by atoms with van der Waals surface area (Å²) >= 11 is 1.28. The van der Waals surface area contributed by atoms with Gasteiger partial charge >= 0.3 is 5.97 Å². The molecular weight excluding hydrogens is 252 g/mol. The fourth-order valence-corrected chi connectivity index (χ4v) is 3.23. The van der Waals surface area contributed by atoms with Crippen LogP contribution in [0.2, 0.25) is 0 Å². The fraction of sp³-hybridized carbons (Fsp3) is 0.667. The lowest BCUT2D eigenvalue weighted by Gasteiger charge is -2.28. The average molecular weight is 268 g/mol. The number of aromatic nitrogens is 1. The van der Waals surface area contributed by atoms with Gasteiger partial charge in [0.25, 0.3) is 0 Å². The maximum absolute atomic E-state index is 11.2. The molecule has 0 spiro atoms. The molecule has 1 aliphatic heterocycles. The molecule has 98 valence electrons. The Morgan fingerprint density at radius 1 is 1.56 bits per heavy atom. The fourth-order valence-electron chi connectivity index (χ4n) is 2.20. The highest BCUT2D eigenvalue weighted by Crippen LogP contribution is 2.43. The van der Waals surface area contributed by atoms with Crippen LogP contribution in [0.3, 0.4) is 0 Å². The third-order valence-electron chi connectivity index (χ3n) is 3.37. The van der Waals surface area contributed by atoms with E-state index < -0.39 is 5.97 Å². The maximum Gasteiger partial charge on any atom is 0.347 e. The van der Waals surface area contributed by atoms with Gasteiger partial charge in [-0.05, 0) is 19.9 Å². The van der Waals surface area contributed by atoms with Crippen LogP contribution in [-0.4, -0.2) is 47.7 Å². The normalized spacial score (nSPS) is 25.3. The van der Waals surface area contributed by atoms with E-state index in [1.807, 2.05) is 7.05 Å². The molecule has 6 heteroatoms. The summed E-state index contributed by atoms with van der Waals surface area (Å²) in [6, 6.07) is 0. The SMILES string of the molecule is CN1CCOC(c2nc(C3CC3)c(C(=O)O)s2)C1. The number of aromatic carboxylic acids is 1. The highest BCUT2D eigenvalue weighted by molar-refractivity contribution is 7.13. The smallest absolute Gasteiger partial charge is 0.347 e. The Kier molecular flexibility index (Phi) is 3.09. The third kappa shape index (κ3) is 2.28. The van der Waals surface area contributed by atoms with Crippen LogP contribution in [0.1, 0.15) is 45.2 Å². The van der Waals surface area contributed by atoms with E-state index in [-0.39, 0.29) is 6.10 Å². The number of morpholine rings is 1. The molecule has 1 saturated carbocycles. The van der Waals surface area contributed by atoms with E-state index in [0.717, 1.165) is 36.6 Å².